The van der Waals surface area contributed by atoms with Gasteiger partial charge < -0.3 is 15.0 Å². The van der Waals surface area contributed by atoms with Gasteiger partial charge >= 0.3 is 0 Å². The van der Waals surface area contributed by atoms with E-state index in [0.717, 1.165) is 5.69 Å². The molecular formula is C25H24FN3O3. The van der Waals surface area contributed by atoms with Crippen LogP contribution in [0.15, 0.2) is 72.9 Å². The first-order valence-electron chi connectivity index (χ1n) is 10.5. The molecule has 2 amide bonds. The van der Waals surface area contributed by atoms with Gasteiger partial charge in [0.2, 0.25) is 11.8 Å². The van der Waals surface area contributed by atoms with E-state index in [-0.39, 0.29) is 24.1 Å². The van der Waals surface area contributed by atoms with Crippen LogP contribution in [0.2, 0.25) is 0 Å². The molecule has 3 aromatic rings. The number of halogens is 1. The van der Waals surface area contributed by atoms with E-state index in [2.05, 4.69) is 10.3 Å². The van der Waals surface area contributed by atoms with Gasteiger partial charge in [0.25, 0.3) is 0 Å². The minimum absolute atomic E-state index is 0.0849. The molecule has 1 N–H and O–H groups in total. The number of benzene rings is 2. The zero-order chi connectivity index (χ0) is 22.5. The summed E-state index contributed by atoms with van der Waals surface area (Å²) in [6.45, 7) is 0.294. The van der Waals surface area contributed by atoms with Gasteiger partial charge in [-0.05, 0) is 60.5 Å². The fraction of sp³-hybridized carbons (Fsp3) is 0.240. The number of aromatic nitrogens is 1. The Morgan fingerprint density at radius 3 is 2.53 bits per heavy atom. The summed E-state index contributed by atoms with van der Waals surface area (Å²) in [6.07, 6.45) is 2.32. The van der Waals surface area contributed by atoms with Gasteiger partial charge in [-0.3, -0.25) is 14.6 Å². The van der Waals surface area contributed by atoms with Crippen molar-refractivity contribution in [1.29, 1.82) is 0 Å². The summed E-state index contributed by atoms with van der Waals surface area (Å²) in [5, 5.41) is 2.95. The minimum Gasteiger partial charge on any atom is -0.497 e. The Morgan fingerprint density at radius 1 is 1.12 bits per heavy atom. The van der Waals surface area contributed by atoms with Crippen molar-refractivity contribution in [2.45, 2.75) is 25.4 Å². The summed E-state index contributed by atoms with van der Waals surface area (Å²) >= 11 is 0. The zero-order valence-electron chi connectivity index (χ0n) is 17.7. The number of carbonyl (C=O) groups is 2. The van der Waals surface area contributed by atoms with Gasteiger partial charge in [-0.2, -0.15) is 0 Å². The maximum atomic E-state index is 13.6. The average Bonchev–Trinajstić information content (AvgIpc) is 2.83. The lowest BCUT2D eigenvalue weighted by molar-refractivity contribution is -0.129. The largest absolute Gasteiger partial charge is 0.497 e. The number of piperidine rings is 1. The summed E-state index contributed by atoms with van der Waals surface area (Å²) < 4.78 is 18.8. The van der Waals surface area contributed by atoms with Crippen LogP contribution in [-0.2, 0) is 16.1 Å². The van der Waals surface area contributed by atoms with Crippen LogP contribution in [0.4, 0.5) is 10.1 Å². The van der Waals surface area contributed by atoms with Gasteiger partial charge in [0.05, 0.1) is 31.3 Å². The number of ether oxygens (including phenoxy) is 1. The predicted molar refractivity (Wildman–Crippen MR) is 118 cm³/mol. The lowest BCUT2D eigenvalue weighted by atomic mass is 9.83. The summed E-state index contributed by atoms with van der Waals surface area (Å²) in [5.41, 5.74) is 2.11. The standard InChI is InChI=1S/C25H24FN3O3/c1-32-21-11-9-20(10-12-21)29-23(30)14-13-22(24(29)17-5-7-18(26)8-6-17)25(31)28-16-19-4-2-3-15-27-19/h2-12,15,22,24H,13-14,16H2,1H3,(H,28,31)/t22-,24-/m1/s1. The number of amides is 2. The highest BCUT2D eigenvalue weighted by molar-refractivity contribution is 5.97. The number of nitrogens with one attached hydrogen (secondary N) is 1. The van der Waals surface area contributed by atoms with Crippen molar-refractivity contribution in [1.82, 2.24) is 10.3 Å². The highest BCUT2D eigenvalue weighted by Crippen LogP contribution is 2.40. The Morgan fingerprint density at radius 2 is 1.88 bits per heavy atom. The summed E-state index contributed by atoms with van der Waals surface area (Å²) in [5.74, 6) is -0.456. The third-order valence-corrected chi connectivity index (χ3v) is 5.67. The molecule has 32 heavy (non-hydrogen) atoms. The topological polar surface area (TPSA) is 71.5 Å². The Balaban J connectivity index is 1.66. The highest BCUT2D eigenvalue weighted by atomic mass is 19.1. The Bertz CT molecular complexity index is 1070. The molecule has 0 bridgehead atoms. The molecule has 1 aromatic heterocycles. The molecular weight excluding hydrogens is 409 g/mol. The third-order valence-electron chi connectivity index (χ3n) is 5.67. The van der Waals surface area contributed by atoms with Crippen LogP contribution in [-0.4, -0.2) is 23.9 Å². The number of hydrogen-bond acceptors (Lipinski definition) is 4. The Labute approximate surface area is 186 Å². The van der Waals surface area contributed by atoms with E-state index in [0.29, 0.717) is 30.0 Å². The zero-order valence-corrected chi connectivity index (χ0v) is 17.7. The van der Waals surface area contributed by atoms with Crippen molar-refractivity contribution >= 4 is 17.5 Å². The first-order valence-corrected chi connectivity index (χ1v) is 10.5. The van der Waals surface area contributed by atoms with E-state index in [4.69, 9.17) is 4.74 Å². The van der Waals surface area contributed by atoms with Gasteiger partial charge in [-0.15, -0.1) is 0 Å². The highest BCUT2D eigenvalue weighted by Gasteiger charge is 2.41. The second-order valence-corrected chi connectivity index (χ2v) is 7.64. The van der Waals surface area contributed by atoms with Crippen molar-refractivity contribution in [3.8, 4) is 5.75 Å². The van der Waals surface area contributed by atoms with Crippen molar-refractivity contribution in [3.63, 3.8) is 0 Å². The first kappa shape index (κ1) is 21.5. The quantitative estimate of drug-likeness (QED) is 0.637. The van der Waals surface area contributed by atoms with Gasteiger partial charge in [0, 0.05) is 18.3 Å². The van der Waals surface area contributed by atoms with Gasteiger partial charge in [0.15, 0.2) is 0 Å². The first-order chi connectivity index (χ1) is 15.6. The molecule has 0 saturated carbocycles. The normalized spacial score (nSPS) is 18.3. The number of carbonyl (C=O) groups excluding carboxylic acids is 2. The van der Waals surface area contributed by atoms with Crippen LogP contribution in [0.25, 0.3) is 0 Å². The summed E-state index contributed by atoms with van der Waals surface area (Å²) in [7, 11) is 1.57. The van der Waals surface area contributed by atoms with Crippen LogP contribution in [0.3, 0.4) is 0 Å². The fourth-order valence-electron chi connectivity index (χ4n) is 4.07. The molecule has 1 fully saturated rings. The van der Waals surface area contributed by atoms with E-state index in [1.54, 1.807) is 54.6 Å². The van der Waals surface area contributed by atoms with E-state index in [1.807, 2.05) is 18.2 Å². The number of nitrogens with zero attached hydrogens (tertiary/aromatic N) is 2. The second kappa shape index (κ2) is 9.60. The Kier molecular flexibility index (Phi) is 6.44. The van der Waals surface area contributed by atoms with Crippen LogP contribution in [0, 0.1) is 11.7 Å². The van der Waals surface area contributed by atoms with Crippen LogP contribution in [0.1, 0.15) is 30.1 Å². The molecule has 2 atom stereocenters. The number of rotatable bonds is 6. The predicted octanol–water partition coefficient (Wildman–Crippen LogP) is 4.03. The third kappa shape index (κ3) is 4.61. The average molecular weight is 433 g/mol. The lowest BCUT2D eigenvalue weighted by Gasteiger charge is -2.41. The fourth-order valence-corrected chi connectivity index (χ4v) is 4.07. The number of pyridine rings is 1. The van der Waals surface area contributed by atoms with Crippen molar-refractivity contribution in [3.05, 3.63) is 90.0 Å². The van der Waals surface area contributed by atoms with Crippen molar-refractivity contribution in [2.24, 2.45) is 5.92 Å². The van der Waals surface area contributed by atoms with Gasteiger partial charge in [-0.25, -0.2) is 4.39 Å². The molecule has 0 unspecified atom stereocenters. The summed E-state index contributed by atoms with van der Waals surface area (Å²) in [4.78, 5) is 32.1. The molecule has 0 aliphatic carbocycles. The summed E-state index contributed by atoms with van der Waals surface area (Å²) in [6, 6.07) is 18.1. The molecule has 7 heteroatoms. The minimum atomic E-state index is -0.561. The van der Waals surface area contributed by atoms with Crippen LogP contribution < -0.4 is 15.0 Å². The molecule has 1 saturated heterocycles. The van der Waals surface area contributed by atoms with E-state index >= 15 is 0 Å². The van der Waals surface area contributed by atoms with Crippen LogP contribution >= 0.6 is 0 Å². The number of hydrogen-bond donors (Lipinski definition) is 1. The molecule has 1 aliphatic heterocycles. The molecule has 6 nitrogen and oxygen atoms in total. The molecule has 2 aromatic carbocycles. The molecule has 2 heterocycles. The monoisotopic (exact) mass is 433 g/mol. The smallest absolute Gasteiger partial charge is 0.227 e. The number of anilines is 1. The molecule has 0 spiro atoms. The van der Waals surface area contributed by atoms with E-state index in [9.17, 15) is 14.0 Å². The molecule has 164 valence electrons. The molecule has 1 aliphatic rings. The lowest BCUT2D eigenvalue weighted by Crippen LogP contribution is -2.48. The van der Waals surface area contributed by atoms with Crippen molar-refractivity contribution < 1.29 is 18.7 Å². The van der Waals surface area contributed by atoms with E-state index in [1.165, 1.54) is 12.1 Å². The van der Waals surface area contributed by atoms with Crippen LogP contribution in [0.5, 0.6) is 5.75 Å². The number of methoxy groups -OCH3 is 1. The maximum Gasteiger partial charge on any atom is 0.227 e. The molecule has 4 rings (SSSR count). The van der Waals surface area contributed by atoms with E-state index < -0.39 is 12.0 Å². The SMILES string of the molecule is COc1ccc(N2C(=O)CC[C@@H](C(=O)NCc3ccccn3)[C@H]2c2ccc(F)cc2)cc1. The molecule has 0 radical (unpaired) electrons. The van der Waals surface area contributed by atoms with Gasteiger partial charge in [0.1, 0.15) is 11.6 Å². The Hall–Kier alpha value is -3.74. The second-order valence-electron chi connectivity index (χ2n) is 7.64. The van der Waals surface area contributed by atoms with Crippen molar-refractivity contribution in [2.75, 3.05) is 12.0 Å². The maximum absolute atomic E-state index is 13.6. The van der Waals surface area contributed by atoms with Gasteiger partial charge in [-0.1, -0.05) is 18.2 Å².